The SMILES string of the molecule is Cc1cc(OCCOCCS)ccc1[N+](=O)[O-]. The molecular weight excluding hydrogens is 242 g/mol. The Hall–Kier alpha value is -1.27. The molecule has 0 saturated heterocycles. The quantitative estimate of drug-likeness (QED) is 0.352. The standard InChI is InChI=1S/C11H15NO4S/c1-9-8-10(2-3-11(9)12(13)14)16-5-4-15-6-7-17/h2-3,8,17H,4-7H2,1H3. The van der Waals surface area contributed by atoms with E-state index in [2.05, 4.69) is 12.6 Å². The van der Waals surface area contributed by atoms with Gasteiger partial charge in [-0.2, -0.15) is 12.6 Å². The minimum Gasteiger partial charge on any atom is -0.491 e. The van der Waals surface area contributed by atoms with E-state index in [9.17, 15) is 10.1 Å². The Morgan fingerprint density at radius 2 is 2.12 bits per heavy atom. The summed E-state index contributed by atoms with van der Waals surface area (Å²) in [6.07, 6.45) is 0. The fraction of sp³-hybridized carbons (Fsp3) is 0.455. The normalized spacial score (nSPS) is 10.2. The van der Waals surface area contributed by atoms with Gasteiger partial charge in [-0.3, -0.25) is 10.1 Å². The highest BCUT2D eigenvalue weighted by atomic mass is 32.1. The van der Waals surface area contributed by atoms with Crippen LogP contribution in [0.3, 0.4) is 0 Å². The topological polar surface area (TPSA) is 61.6 Å². The maximum Gasteiger partial charge on any atom is 0.272 e. The van der Waals surface area contributed by atoms with E-state index in [0.29, 0.717) is 36.9 Å². The summed E-state index contributed by atoms with van der Waals surface area (Å²) in [6.45, 7) is 3.18. The largest absolute Gasteiger partial charge is 0.491 e. The van der Waals surface area contributed by atoms with Crippen LogP contribution in [0.5, 0.6) is 5.75 Å². The molecule has 0 aliphatic rings. The highest BCUT2D eigenvalue weighted by molar-refractivity contribution is 7.80. The Labute approximate surface area is 105 Å². The Morgan fingerprint density at radius 3 is 2.71 bits per heavy atom. The molecule has 0 fully saturated rings. The van der Waals surface area contributed by atoms with Crippen molar-refractivity contribution in [1.29, 1.82) is 0 Å². The molecule has 0 aliphatic heterocycles. The number of thiol groups is 1. The van der Waals surface area contributed by atoms with Crippen molar-refractivity contribution in [1.82, 2.24) is 0 Å². The van der Waals surface area contributed by atoms with E-state index in [4.69, 9.17) is 9.47 Å². The zero-order valence-electron chi connectivity index (χ0n) is 9.59. The maximum atomic E-state index is 10.6. The number of benzene rings is 1. The van der Waals surface area contributed by atoms with E-state index in [1.165, 1.54) is 6.07 Å². The molecule has 94 valence electrons. The first-order chi connectivity index (χ1) is 8.15. The van der Waals surface area contributed by atoms with E-state index in [-0.39, 0.29) is 5.69 Å². The maximum absolute atomic E-state index is 10.6. The van der Waals surface area contributed by atoms with Gasteiger partial charge < -0.3 is 9.47 Å². The predicted octanol–water partition coefficient (Wildman–Crippen LogP) is 2.23. The first-order valence-corrected chi connectivity index (χ1v) is 5.85. The fourth-order valence-corrected chi connectivity index (χ4v) is 1.44. The molecule has 0 atom stereocenters. The average molecular weight is 257 g/mol. The summed E-state index contributed by atoms with van der Waals surface area (Å²) in [6, 6.07) is 4.68. The van der Waals surface area contributed by atoms with Gasteiger partial charge in [-0.25, -0.2) is 0 Å². The first-order valence-electron chi connectivity index (χ1n) is 5.21. The van der Waals surface area contributed by atoms with Gasteiger partial charge in [0.25, 0.3) is 5.69 Å². The zero-order chi connectivity index (χ0) is 12.7. The molecule has 17 heavy (non-hydrogen) atoms. The number of nitro groups is 1. The van der Waals surface area contributed by atoms with Crippen LogP contribution < -0.4 is 4.74 Å². The molecule has 0 N–H and O–H groups in total. The predicted molar refractivity (Wildman–Crippen MR) is 68.0 cm³/mol. The van der Waals surface area contributed by atoms with Gasteiger partial charge >= 0.3 is 0 Å². The number of nitrogens with zero attached hydrogens (tertiary/aromatic N) is 1. The van der Waals surface area contributed by atoms with Gasteiger partial charge in [0.15, 0.2) is 0 Å². The van der Waals surface area contributed by atoms with E-state index in [1.807, 2.05) is 0 Å². The zero-order valence-corrected chi connectivity index (χ0v) is 10.5. The molecule has 0 heterocycles. The molecule has 0 amide bonds. The van der Waals surface area contributed by atoms with Gasteiger partial charge in [-0.05, 0) is 19.1 Å². The van der Waals surface area contributed by atoms with Crippen molar-refractivity contribution < 1.29 is 14.4 Å². The molecular formula is C11H15NO4S. The van der Waals surface area contributed by atoms with Crippen LogP contribution in [0.4, 0.5) is 5.69 Å². The van der Waals surface area contributed by atoms with E-state index < -0.39 is 4.92 Å². The van der Waals surface area contributed by atoms with Crippen LogP contribution >= 0.6 is 12.6 Å². The van der Waals surface area contributed by atoms with E-state index in [1.54, 1.807) is 19.1 Å². The molecule has 0 radical (unpaired) electrons. The smallest absolute Gasteiger partial charge is 0.272 e. The van der Waals surface area contributed by atoms with Crippen LogP contribution in [-0.2, 0) is 4.74 Å². The Morgan fingerprint density at radius 1 is 1.35 bits per heavy atom. The Bertz CT molecular complexity index is 384. The number of aryl methyl sites for hydroxylation is 1. The molecule has 0 aromatic heterocycles. The third kappa shape index (κ3) is 4.62. The Balaban J connectivity index is 2.45. The van der Waals surface area contributed by atoms with Crippen molar-refractivity contribution in [3.63, 3.8) is 0 Å². The highest BCUT2D eigenvalue weighted by Crippen LogP contribution is 2.22. The lowest BCUT2D eigenvalue weighted by Crippen LogP contribution is -2.08. The van der Waals surface area contributed by atoms with Gasteiger partial charge in [0.05, 0.1) is 18.1 Å². The molecule has 0 saturated carbocycles. The lowest BCUT2D eigenvalue weighted by atomic mass is 10.2. The van der Waals surface area contributed by atoms with Crippen molar-refractivity contribution in [3.05, 3.63) is 33.9 Å². The monoisotopic (exact) mass is 257 g/mol. The summed E-state index contributed by atoms with van der Waals surface area (Å²) in [4.78, 5) is 10.2. The van der Waals surface area contributed by atoms with Gasteiger partial charge in [0.1, 0.15) is 12.4 Å². The second-order valence-corrected chi connectivity index (χ2v) is 3.84. The number of rotatable bonds is 7. The molecule has 0 aliphatic carbocycles. The summed E-state index contributed by atoms with van der Waals surface area (Å²) in [5.41, 5.74) is 0.687. The molecule has 0 unspecified atom stereocenters. The van der Waals surface area contributed by atoms with Crippen LogP contribution in [-0.4, -0.2) is 30.5 Å². The molecule has 6 heteroatoms. The lowest BCUT2D eigenvalue weighted by molar-refractivity contribution is -0.385. The van der Waals surface area contributed by atoms with Crippen molar-refractivity contribution in [2.75, 3.05) is 25.6 Å². The third-order valence-corrected chi connectivity index (χ3v) is 2.28. The molecule has 5 nitrogen and oxygen atoms in total. The summed E-state index contributed by atoms with van der Waals surface area (Å²) >= 11 is 4.01. The van der Waals surface area contributed by atoms with Crippen LogP contribution in [0.2, 0.25) is 0 Å². The number of hydrogen-bond donors (Lipinski definition) is 1. The van der Waals surface area contributed by atoms with Gasteiger partial charge in [-0.15, -0.1) is 0 Å². The fourth-order valence-electron chi connectivity index (χ4n) is 1.31. The Kier molecular flexibility index (Phi) is 5.79. The second-order valence-electron chi connectivity index (χ2n) is 3.39. The average Bonchev–Trinajstić information content (AvgIpc) is 2.28. The van der Waals surface area contributed by atoms with Crippen molar-refractivity contribution in [2.45, 2.75) is 6.92 Å². The van der Waals surface area contributed by atoms with Crippen molar-refractivity contribution in [2.24, 2.45) is 0 Å². The summed E-state index contributed by atoms with van der Waals surface area (Å²) < 4.78 is 10.6. The minimum absolute atomic E-state index is 0.101. The molecule has 1 aromatic carbocycles. The van der Waals surface area contributed by atoms with E-state index >= 15 is 0 Å². The second kappa shape index (κ2) is 7.13. The van der Waals surface area contributed by atoms with Crippen molar-refractivity contribution >= 4 is 18.3 Å². The minimum atomic E-state index is -0.408. The number of hydrogen-bond acceptors (Lipinski definition) is 5. The lowest BCUT2D eigenvalue weighted by Gasteiger charge is -2.07. The third-order valence-electron chi connectivity index (χ3n) is 2.10. The van der Waals surface area contributed by atoms with Crippen LogP contribution in [0.1, 0.15) is 5.56 Å². The summed E-state index contributed by atoms with van der Waals surface area (Å²) in [7, 11) is 0. The van der Waals surface area contributed by atoms with Crippen LogP contribution in [0, 0.1) is 17.0 Å². The number of ether oxygens (including phenoxy) is 2. The van der Waals surface area contributed by atoms with Crippen LogP contribution in [0.15, 0.2) is 18.2 Å². The molecule has 0 bridgehead atoms. The van der Waals surface area contributed by atoms with Crippen molar-refractivity contribution in [3.8, 4) is 5.75 Å². The molecule has 1 rings (SSSR count). The van der Waals surface area contributed by atoms with E-state index in [0.717, 1.165) is 0 Å². The van der Waals surface area contributed by atoms with Gasteiger partial charge in [0, 0.05) is 17.4 Å². The summed E-state index contributed by atoms with van der Waals surface area (Å²) in [5.74, 6) is 1.29. The number of nitro benzene ring substituents is 1. The highest BCUT2D eigenvalue weighted by Gasteiger charge is 2.10. The molecule has 1 aromatic rings. The van der Waals surface area contributed by atoms with Gasteiger partial charge in [0.2, 0.25) is 0 Å². The summed E-state index contributed by atoms with van der Waals surface area (Å²) in [5, 5.41) is 10.6. The van der Waals surface area contributed by atoms with Gasteiger partial charge in [-0.1, -0.05) is 0 Å². The van der Waals surface area contributed by atoms with Crippen LogP contribution in [0.25, 0.3) is 0 Å². The first kappa shape index (κ1) is 13.8. The molecule has 0 spiro atoms.